The molecule has 3 aromatic carbocycles. The summed E-state index contributed by atoms with van der Waals surface area (Å²) in [5, 5.41) is 7.08. The van der Waals surface area contributed by atoms with E-state index in [-0.39, 0.29) is 21.8 Å². The van der Waals surface area contributed by atoms with Crippen molar-refractivity contribution in [2.24, 2.45) is 0 Å². The average Bonchev–Trinajstić information content (AvgIpc) is 2.81. The van der Waals surface area contributed by atoms with Gasteiger partial charge in [-0.05, 0) is 36.4 Å². The molecule has 0 unspecified atom stereocenters. The number of rotatable bonds is 5. The molecule has 1 aromatic heterocycles. The summed E-state index contributed by atoms with van der Waals surface area (Å²) in [6.45, 7) is -0.617. The molecule has 7 nitrogen and oxygen atoms in total. The Kier molecular flexibility index (Phi) is 5.96. The van der Waals surface area contributed by atoms with Gasteiger partial charge in [-0.15, -0.1) is 0 Å². The summed E-state index contributed by atoms with van der Waals surface area (Å²) in [5.74, 6) is -2.15. The highest BCUT2D eigenvalue weighted by atomic mass is 35.5. The zero-order valence-corrected chi connectivity index (χ0v) is 17.2. The predicted molar refractivity (Wildman–Crippen MR) is 118 cm³/mol. The first-order chi connectivity index (χ1) is 15.4. The summed E-state index contributed by atoms with van der Waals surface area (Å²) in [5.41, 5.74) is 0.220. The fourth-order valence-electron chi connectivity index (χ4n) is 3.05. The molecule has 9 heteroatoms. The molecule has 0 aliphatic rings. The Hall–Kier alpha value is -4.04. The fraction of sp³-hybridized carbons (Fsp3) is 0.0435. The summed E-state index contributed by atoms with van der Waals surface area (Å²) in [7, 11) is 0. The fourth-order valence-corrected chi connectivity index (χ4v) is 3.24. The van der Waals surface area contributed by atoms with E-state index in [1.807, 2.05) is 0 Å². The van der Waals surface area contributed by atoms with E-state index in [0.29, 0.717) is 11.1 Å². The number of ether oxygens (including phenoxy) is 1. The molecule has 0 aliphatic heterocycles. The first-order valence-corrected chi connectivity index (χ1v) is 9.81. The number of hydrogen-bond donors (Lipinski definition) is 1. The van der Waals surface area contributed by atoms with Gasteiger partial charge in [0, 0.05) is 11.1 Å². The van der Waals surface area contributed by atoms with Gasteiger partial charge in [0.05, 0.1) is 16.1 Å². The number of amides is 1. The highest BCUT2D eigenvalue weighted by Crippen LogP contribution is 2.19. The minimum Gasteiger partial charge on any atom is -0.451 e. The Morgan fingerprint density at radius 2 is 1.69 bits per heavy atom. The van der Waals surface area contributed by atoms with Crippen LogP contribution in [0.5, 0.6) is 0 Å². The van der Waals surface area contributed by atoms with Crippen molar-refractivity contribution in [3.63, 3.8) is 0 Å². The van der Waals surface area contributed by atoms with Gasteiger partial charge in [0.2, 0.25) is 0 Å². The normalized spacial score (nSPS) is 10.7. The number of nitrogens with one attached hydrogen (secondary N) is 1. The van der Waals surface area contributed by atoms with Crippen molar-refractivity contribution in [3.05, 3.63) is 99.7 Å². The highest BCUT2D eigenvalue weighted by Gasteiger charge is 2.19. The minimum atomic E-state index is -0.877. The molecule has 4 rings (SSSR count). The SMILES string of the molecule is O=C(COC(=O)c1nn(-c2ccccc2)c(=O)c2ccccc12)Nc1ccc(F)c(Cl)c1. The molecular formula is C23H15ClFN3O4. The summed E-state index contributed by atoms with van der Waals surface area (Å²) in [6.07, 6.45) is 0. The molecule has 0 saturated carbocycles. The predicted octanol–water partition coefficient (Wildman–Crippen LogP) is 3.97. The van der Waals surface area contributed by atoms with Gasteiger partial charge in [0.15, 0.2) is 12.3 Å². The molecule has 0 fully saturated rings. The van der Waals surface area contributed by atoms with E-state index < -0.39 is 29.9 Å². The summed E-state index contributed by atoms with van der Waals surface area (Å²) in [4.78, 5) is 37.8. The quantitative estimate of drug-likeness (QED) is 0.464. The first-order valence-electron chi connectivity index (χ1n) is 9.43. The van der Waals surface area contributed by atoms with Crippen molar-refractivity contribution in [2.75, 3.05) is 11.9 Å². The number of aromatic nitrogens is 2. The van der Waals surface area contributed by atoms with Gasteiger partial charge in [-0.25, -0.2) is 9.18 Å². The lowest BCUT2D eigenvalue weighted by molar-refractivity contribution is -0.119. The number of hydrogen-bond acceptors (Lipinski definition) is 5. The molecule has 0 radical (unpaired) electrons. The lowest BCUT2D eigenvalue weighted by atomic mass is 10.1. The number of fused-ring (bicyclic) bond motifs is 1. The second-order valence-electron chi connectivity index (χ2n) is 6.70. The standard InChI is InChI=1S/C23H15ClFN3O4/c24-18-12-14(10-11-19(18)25)26-20(29)13-32-23(31)21-16-8-4-5-9-17(16)22(30)28(27-21)15-6-2-1-3-7-15/h1-12H,13H2,(H,26,29). The molecule has 0 atom stereocenters. The molecule has 1 N–H and O–H groups in total. The molecule has 0 aliphatic carbocycles. The second kappa shape index (κ2) is 8.99. The lowest BCUT2D eigenvalue weighted by Gasteiger charge is -2.11. The lowest BCUT2D eigenvalue weighted by Crippen LogP contribution is -2.26. The van der Waals surface area contributed by atoms with E-state index in [2.05, 4.69) is 10.4 Å². The molecule has 1 heterocycles. The van der Waals surface area contributed by atoms with Crippen molar-refractivity contribution >= 4 is 39.9 Å². The summed E-state index contributed by atoms with van der Waals surface area (Å²) < 4.78 is 19.5. The van der Waals surface area contributed by atoms with Crippen LogP contribution in [0.3, 0.4) is 0 Å². The average molecular weight is 452 g/mol. The number of anilines is 1. The van der Waals surface area contributed by atoms with Crippen LogP contribution >= 0.6 is 11.6 Å². The Morgan fingerprint density at radius 1 is 1.00 bits per heavy atom. The van der Waals surface area contributed by atoms with E-state index in [1.165, 1.54) is 12.1 Å². The minimum absolute atomic E-state index is 0.110. The molecule has 4 aromatic rings. The van der Waals surface area contributed by atoms with Crippen molar-refractivity contribution in [1.82, 2.24) is 9.78 Å². The molecule has 1 amide bonds. The van der Waals surface area contributed by atoms with Gasteiger partial charge >= 0.3 is 5.97 Å². The number of para-hydroxylation sites is 1. The maximum absolute atomic E-state index is 13.2. The van der Waals surface area contributed by atoms with Crippen molar-refractivity contribution in [1.29, 1.82) is 0 Å². The van der Waals surface area contributed by atoms with Crippen LogP contribution in [0.2, 0.25) is 5.02 Å². The van der Waals surface area contributed by atoms with Crippen LogP contribution in [0.4, 0.5) is 10.1 Å². The van der Waals surface area contributed by atoms with Crippen LogP contribution in [-0.2, 0) is 9.53 Å². The van der Waals surface area contributed by atoms with Gasteiger partial charge < -0.3 is 10.1 Å². The van der Waals surface area contributed by atoms with E-state index in [0.717, 1.165) is 10.7 Å². The van der Waals surface area contributed by atoms with Crippen LogP contribution in [0, 0.1) is 5.82 Å². The first kappa shape index (κ1) is 21.2. The number of nitrogens with zero attached hydrogens (tertiary/aromatic N) is 2. The van der Waals surface area contributed by atoms with Crippen LogP contribution in [0.15, 0.2) is 77.6 Å². The summed E-state index contributed by atoms with van der Waals surface area (Å²) >= 11 is 5.69. The Labute approximate surface area is 186 Å². The molecule has 0 spiro atoms. The smallest absolute Gasteiger partial charge is 0.359 e. The highest BCUT2D eigenvalue weighted by molar-refractivity contribution is 6.31. The van der Waals surface area contributed by atoms with Gasteiger partial charge in [0.25, 0.3) is 11.5 Å². The second-order valence-corrected chi connectivity index (χ2v) is 7.11. The van der Waals surface area contributed by atoms with Gasteiger partial charge in [-0.3, -0.25) is 9.59 Å². The van der Waals surface area contributed by atoms with Gasteiger partial charge in [0.1, 0.15) is 5.82 Å². The number of halogens is 2. The third-order valence-electron chi connectivity index (χ3n) is 4.54. The Bertz CT molecular complexity index is 1390. The van der Waals surface area contributed by atoms with Crippen molar-refractivity contribution in [3.8, 4) is 5.69 Å². The molecular weight excluding hydrogens is 437 g/mol. The summed E-state index contributed by atoms with van der Waals surface area (Å²) in [6, 6.07) is 18.8. The largest absolute Gasteiger partial charge is 0.451 e. The topological polar surface area (TPSA) is 90.3 Å². The zero-order chi connectivity index (χ0) is 22.7. The molecule has 0 saturated heterocycles. The number of esters is 1. The Morgan fingerprint density at radius 3 is 2.41 bits per heavy atom. The van der Waals surface area contributed by atoms with Crippen LogP contribution in [-0.4, -0.2) is 28.3 Å². The van der Waals surface area contributed by atoms with E-state index in [9.17, 15) is 18.8 Å². The van der Waals surface area contributed by atoms with Crippen LogP contribution < -0.4 is 10.9 Å². The van der Waals surface area contributed by atoms with Gasteiger partial charge in [-0.1, -0.05) is 48.0 Å². The maximum Gasteiger partial charge on any atom is 0.359 e. The van der Waals surface area contributed by atoms with E-state index in [1.54, 1.807) is 54.6 Å². The monoisotopic (exact) mass is 451 g/mol. The third kappa shape index (κ3) is 4.35. The van der Waals surface area contributed by atoms with Crippen molar-refractivity contribution < 1.29 is 18.7 Å². The van der Waals surface area contributed by atoms with Gasteiger partial charge in [-0.2, -0.15) is 9.78 Å². The zero-order valence-electron chi connectivity index (χ0n) is 16.4. The molecule has 0 bridgehead atoms. The molecule has 32 heavy (non-hydrogen) atoms. The van der Waals surface area contributed by atoms with Crippen molar-refractivity contribution in [2.45, 2.75) is 0 Å². The third-order valence-corrected chi connectivity index (χ3v) is 4.83. The number of carbonyl (C=O) groups excluding carboxylic acids is 2. The number of benzene rings is 3. The Balaban J connectivity index is 1.59. The van der Waals surface area contributed by atoms with E-state index in [4.69, 9.17) is 16.3 Å². The maximum atomic E-state index is 13.2. The van der Waals surface area contributed by atoms with E-state index >= 15 is 0 Å². The number of carbonyl (C=O) groups is 2. The van der Waals surface area contributed by atoms with Crippen LogP contribution in [0.25, 0.3) is 16.5 Å². The van der Waals surface area contributed by atoms with Crippen LogP contribution in [0.1, 0.15) is 10.5 Å². The molecule has 160 valence electrons.